The van der Waals surface area contributed by atoms with Crippen molar-refractivity contribution in [1.29, 1.82) is 0 Å². The Labute approximate surface area is 110 Å². The molecule has 0 aliphatic rings. The Kier molecular flexibility index (Phi) is 5.59. The van der Waals surface area contributed by atoms with Crippen molar-refractivity contribution in [2.24, 2.45) is 11.7 Å². The summed E-state index contributed by atoms with van der Waals surface area (Å²) < 4.78 is 0. The van der Waals surface area contributed by atoms with Gasteiger partial charge in [0, 0.05) is 19.0 Å². The Hall–Kier alpha value is -0.930. The average molecular weight is 250 g/mol. The summed E-state index contributed by atoms with van der Waals surface area (Å²) in [6.45, 7) is 9.28. The van der Waals surface area contributed by atoms with Crippen LogP contribution in [0.1, 0.15) is 25.0 Å². The summed E-state index contributed by atoms with van der Waals surface area (Å²) in [7, 11) is 0. The second kappa shape index (κ2) is 6.72. The van der Waals surface area contributed by atoms with Gasteiger partial charge in [0.15, 0.2) is 0 Å². The van der Waals surface area contributed by atoms with Gasteiger partial charge in [-0.05, 0) is 19.0 Å². The molecule has 1 unspecified atom stereocenters. The lowest BCUT2D eigenvalue weighted by Gasteiger charge is -2.24. The van der Waals surface area contributed by atoms with Gasteiger partial charge in [-0.2, -0.15) is 0 Å². The Morgan fingerprint density at radius 3 is 2.71 bits per heavy atom. The van der Waals surface area contributed by atoms with E-state index in [0.717, 1.165) is 19.6 Å². The number of rotatable bonds is 6. The van der Waals surface area contributed by atoms with Crippen molar-refractivity contribution in [2.75, 3.05) is 13.1 Å². The van der Waals surface area contributed by atoms with Gasteiger partial charge in [-0.1, -0.05) is 55.9 Å². The maximum Gasteiger partial charge on any atom is 0.0768 e. The molecule has 0 radical (unpaired) electrons. The smallest absolute Gasteiger partial charge is 0.0768 e. The molecule has 3 heteroatoms. The molecule has 17 heavy (non-hydrogen) atoms. The molecule has 1 aromatic rings. The third-order valence-electron chi connectivity index (χ3n) is 2.95. The topological polar surface area (TPSA) is 29.3 Å². The molecule has 1 atom stereocenters. The van der Waals surface area contributed by atoms with E-state index in [1.807, 2.05) is 0 Å². The monoisotopic (exact) mass is 250 g/mol. The largest absolute Gasteiger partial charge is 0.393 e. The number of thiocarbonyl (C=S) groups is 1. The van der Waals surface area contributed by atoms with Crippen molar-refractivity contribution in [3.63, 3.8) is 0 Å². The van der Waals surface area contributed by atoms with E-state index < -0.39 is 0 Å². The van der Waals surface area contributed by atoms with Gasteiger partial charge in [-0.15, -0.1) is 0 Å². The van der Waals surface area contributed by atoms with Crippen LogP contribution in [0.3, 0.4) is 0 Å². The molecule has 0 saturated heterocycles. The number of hydrogen-bond acceptors (Lipinski definition) is 2. The molecule has 0 bridgehead atoms. The van der Waals surface area contributed by atoms with Crippen molar-refractivity contribution < 1.29 is 0 Å². The third-order valence-corrected chi connectivity index (χ3v) is 3.36. The van der Waals surface area contributed by atoms with Gasteiger partial charge >= 0.3 is 0 Å². The Bertz CT molecular complexity index is 376. The van der Waals surface area contributed by atoms with Crippen LogP contribution in [0.4, 0.5) is 0 Å². The molecule has 0 saturated carbocycles. The average Bonchev–Trinajstić information content (AvgIpc) is 2.27. The Morgan fingerprint density at radius 2 is 2.18 bits per heavy atom. The van der Waals surface area contributed by atoms with Crippen LogP contribution in [0, 0.1) is 12.8 Å². The quantitative estimate of drug-likeness (QED) is 0.787. The van der Waals surface area contributed by atoms with Crippen LogP contribution in [0.15, 0.2) is 24.3 Å². The van der Waals surface area contributed by atoms with Crippen LogP contribution in [0.2, 0.25) is 0 Å². The van der Waals surface area contributed by atoms with E-state index in [4.69, 9.17) is 18.0 Å². The first-order valence-electron chi connectivity index (χ1n) is 6.10. The molecule has 0 spiro atoms. The number of aryl methyl sites for hydroxylation is 1. The minimum Gasteiger partial charge on any atom is -0.393 e. The second-order valence-corrected chi connectivity index (χ2v) is 5.09. The molecule has 1 rings (SSSR count). The number of nitrogens with two attached hydrogens (primary N) is 1. The van der Waals surface area contributed by atoms with Gasteiger partial charge in [0.2, 0.25) is 0 Å². The Balaban J connectivity index is 2.61. The fraction of sp³-hybridized carbons (Fsp3) is 0.500. The number of nitrogens with zero attached hydrogens (tertiary/aromatic N) is 1. The molecular weight excluding hydrogens is 228 g/mol. The maximum atomic E-state index is 5.66. The van der Waals surface area contributed by atoms with Gasteiger partial charge in [-0.3, -0.25) is 4.90 Å². The third kappa shape index (κ3) is 4.84. The van der Waals surface area contributed by atoms with Gasteiger partial charge in [0.25, 0.3) is 0 Å². The summed E-state index contributed by atoms with van der Waals surface area (Å²) in [5.74, 6) is 0.273. The summed E-state index contributed by atoms with van der Waals surface area (Å²) in [5.41, 5.74) is 8.32. The highest BCUT2D eigenvalue weighted by Gasteiger charge is 2.11. The summed E-state index contributed by atoms with van der Waals surface area (Å²) in [6, 6.07) is 8.63. The summed E-state index contributed by atoms with van der Waals surface area (Å²) >= 11 is 5.02. The van der Waals surface area contributed by atoms with E-state index >= 15 is 0 Å². The van der Waals surface area contributed by atoms with E-state index in [2.05, 4.69) is 49.9 Å². The van der Waals surface area contributed by atoms with Crippen LogP contribution in [-0.2, 0) is 6.54 Å². The van der Waals surface area contributed by atoms with Crippen LogP contribution in [0.25, 0.3) is 0 Å². The zero-order chi connectivity index (χ0) is 12.8. The molecule has 0 aliphatic carbocycles. The van der Waals surface area contributed by atoms with Gasteiger partial charge < -0.3 is 5.73 Å². The molecule has 0 aliphatic heterocycles. The predicted molar refractivity (Wildman–Crippen MR) is 78.1 cm³/mol. The van der Waals surface area contributed by atoms with Crippen molar-refractivity contribution in [1.82, 2.24) is 4.90 Å². The van der Waals surface area contributed by atoms with Gasteiger partial charge in [0.05, 0.1) is 4.99 Å². The zero-order valence-electron chi connectivity index (χ0n) is 10.9. The van der Waals surface area contributed by atoms with Gasteiger partial charge in [0.1, 0.15) is 0 Å². The van der Waals surface area contributed by atoms with Crippen LogP contribution in [0.5, 0.6) is 0 Å². The number of hydrogen-bond donors (Lipinski definition) is 1. The highest BCUT2D eigenvalue weighted by atomic mass is 32.1. The second-order valence-electron chi connectivity index (χ2n) is 4.62. The first kappa shape index (κ1) is 14.1. The normalized spacial score (nSPS) is 12.7. The van der Waals surface area contributed by atoms with E-state index in [1.165, 1.54) is 11.1 Å². The van der Waals surface area contributed by atoms with Crippen LogP contribution < -0.4 is 5.73 Å². The maximum absolute atomic E-state index is 5.66. The van der Waals surface area contributed by atoms with Crippen molar-refractivity contribution >= 4 is 17.2 Å². The standard InChI is InChI=1S/C14H22N2S/c1-4-16(9-12(3)14(15)17)10-13-7-5-6-11(2)8-13/h5-8,12H,4,9-10H2,1-3H3,(H2,15,17). The predicted octanol–water partition coefficient (Wildman–Crippen LogP) is 2.74. The van der Waals surface area contributed by atoms with Crippen LogP contribution >= 0.6 is 12.2 Å². The summed E-state index contributed by atoms with van der Waals surface area (Å²) in [5, 5.41) is 0. The van der Waals surface area contributed by atoms with E-state index in [-0.39, 0.29) is 5.92 Å². The van der Waals surface area contributed by atoms with E-state index in [0.29, 0.717) is 4.99 Å². The fourth-order valence-electron chi connectivity index (χ4n) is 1.85. The molecule has 94 valence electrons. The lowest BCUT2D eigenvalue weighted by Crippen LogP contribution is -2.33. The van der Waals surface area contributed by atoms with Gasteiger partial charge in [-0.25, -0.2) is 0 Å². The highest BCUT2D eigenvalue weighted by Crippen LogP contribution is 2.09. The zero-order valence-corrected chi connectivity index (χ0v) is 11.8. The molecule has 2 nitrogen and oxygen atoms in total. The van der Waals surface area contributed by atoms with Crippen molar-refractivity contribution in [3.8, 4) is 0 Å². The van der Waals surface area contributed by atoms with Crippen molar-refractivity contribution in [3.05, 3.63) is 35.4 Å². The Morgan fingerprint density at radius 1 is 1.47 bits per heavy atom. The lowest BCUT2D eigenvalue weighted by atomic mass is 10.1. The molecule has 2 N–H and O–H groups in total. The first-order chi connectivity index (χ1) is 8.02. The van der Waals surface area contributed by atoms with Crippen molar-refractivity contribution in [2.45, 2.75) is 27.3 Å². The lowest BCUT2D eigenvalue weighted by molar-refractivity contribution is 0.264. The van der Waals surface area contributed by atoms with E-state index in [1.54, 1.807) is 0 Å². The highest BCUT2D eigenvalue weighted by molar-refractivity contribution is 7.80. The molecule has 0 heterocycles. The minimum atomic E-state index is 0.273. The van der Waals surface area contributed by atoms with Crippen LogP contribution in [-0.4, -0.2) is 23.0 Å². The first-order valence-corrected chi connectivity index (χ1v) is 6.51. The summed E-state index contributed by atoms with van der Waals surface area (Å²) in [4.78, 5) is 2.98. The number of benzene rings is 1. The fourth-order valence-corrected chi connectivity index (χ4v) is 1.93. The summed E-state index contributed by atoms with van der Waals surface area (Å²) in [6.07, 6.45) is 0. The molecule has 0 amide bonds. The van der Waals surface area contributed by atoms with E-state index in [9.17, 15) is 0 Å². The molecule has 0 fully saturated rings. The SMILES string of the molecule is CCN(Cc1cccc(C)c1)CC(C)C(N)=S. The molecule has 1 aromatic carbocycles. The molecule has 0 aromatic heterocycles. The molecular formula is C14H22N2S. The minimum absolute atomic E-state index is 0.273.